The molecule has 1 heterocycles. The first kappa shape index (κ1) is 23.2. The van der Waals surface area contributed by atoms with Gasteiger partial charge in [-0.3, -0.25) is 0 Å². The Bertz CT molecular complexity index is 1220. The van der Waals surface area contributed by atoms with E-state index < -0.39 is 5.97 Å². The number of esters is 1. The third-order valence-corrected chi connectivity index (χ3v) is 6.61. The predicted octanol–water partition coefficient (Wildman–Crippen LogP) is 6.59. The van der Waals surface area contributed by atoms with E-state index >= 15 is 0 Å². The molecule has 0 saturated carbocycles. The second kappa shape index (κ2) is 10.3. The lowest BCUT2D eigenvalue weighted by atomic mass is 10.1. The summed E-state index contributed by atoms with van der Waals surface area (Å²) in [6, 6.07) is 19.3. The second-order valence-electron chi connectivity index (χ2n) is 6.79. The third-order valence-electron chi connectivity index (χ3n) is 4.56. The molecule has 3 aromatic carbocycles. The molecule has 0 atom stereocenters. The van der Waals surface area contributed by atoms with Crippen LogP contribution < -0.4 is 9.47 Å². The Balaban J connectivity index is 1.58. The Morgan fingerprint density at radius 2 is 1.78 bits per heavy atom. The first-order valence-corrected chi connectivity index (χ1v) is 12.4. The lowest BCUT2D eigenvalue weighted by Gasteiger charge is -2.14. The van der Waals surface area contributed by atoms with Crippen LogP contribution in [-0.2, 0) is 16.1 Å². The van der Waals surface area contributed by atoms with Gasteiger partial charge in [0.25, 0.3) is 0 Å². The molecule has 1 aliphatic heterocycles. The van der Waals surface area contributed by atoms with Gasteiger partial charge >= 0.3 is 5.97 Å². The van der Waals surface area contributed by atoms with Gasteiger partial charge in [0.05, 0.1) is 10.7 Å². The van der Waals surface area contributed by atoms with Gasteiger partial charge in [-0.2, -0.15) is 0 Å². The third kappa shape index (κ3) is 5.52. The van der Waals surface area contributed by atoms with E-state index in [-0.39, 0.29) is 11.6 Å². The van der Waals surface area contributed by atoms with E-state index in [1.165, 1.54) is 3.57 Å². The zero-order valence-electron chi connectivity index (χ0n) is 16.8. The van der Waals surface area contributed by atoms with E-state index in [2.05, 4.69) is 66.1 Å². The van der Waals surface area contributed by atoms with E-state index in [0.29, 0.717) is 18.1 Å². The zero-order valence-corrected chi connectivity index (χ0v) is 22.7. The molecule has 3 aromatic rings. The van der Waals surface area contributed by atoms with Crippen molar-refractivity contribution in [3.63, 3.8) is 0 Å². The first-order valence-electron chi connectivity index (χ1n) is 9.46. The molecule has 0 bridgehead atoms. The molecule has 4 rings (SSSR count). The fraction of sp³-hybridized carbons (Fsp3) is 0.0833. The average molecular weight is 716 g/mol. The Morgan fingerprint density at radius 3 is 2.47 bits per heavy atom. The minimum Gasteiger partial charge on any atom is -0.493 e. The highest BCUT2D eigenvalue weighted by Gasteiger charge is 2.24. The number of nitrogens with zero attached hydrogens (tertiary/aromatic N) is 1. The maximum atomic E-state index is 12.3. The molecule has 0 amide bonds. The number of carbonyl (C=O) groups excluding carboxylic acids is 1. The lowest BCUT2D eigenvalue weighted by Crippen LogP contribution is -2.05. The molecule has 32 heavy (non-hydrogen) atoms. The summed E-state index contributed by atoms with van der Waals surface area (Å²) < 4.78 is 19.9. The van der Waals surface area contributed by atoms with Crippen molar-refractivity contribution in [1.29, 1.82) is 0 Å². The number of ether oxygens (including phenoxy) is 3. The van der Waals surface area contributed by atoms with Crippen LogP contribution in [0.4, 0.5) is 0 Å². The van der Waals surface area contributed by atoms with Crippen molar-refractivity contribution in [3.05, 3.63) is 94.7 Å². The predicted molar refractivity (Wildman–Crippen MR) is 144 cm³/mol. The van der Waals surface area contributed by atoms with Gasteiger partial charge in [0, 0.05) is 13.6 Å². The summed E-state index contributed by atoms with van der Waals surface area (Å²) in [7, 11) is 1.59. The van der Waals surface area contributed by atoms with Crippen molar-refractivity contribution in [2.75, 3.05) is 7.11 Å². The van der Waals surface area contributed by atoms with Crippen LogP contribution in [0, 0.1) is 7.14 Å². The molecule has 0 N–H and O–H groups in total. The lowest BCUT2D eigenvalue weighted by molar-refractivity contribution is -0.129. The smallest absolute Gasteiger partial charge is 0.363 e. The van der Waals surface area contributed by atoms with E-state index in [9.17, 15) is 4.79 Å². The highest BCUT2D eigenvalue weighted by Crippen LogP contribution is 2.35. The van der Waals surface area contributed by atoms with Gasteiger partial charge in [0.2, 0.25) is 5.90 Å². The maximum Gasteiger partial charge on any atom is 0.363 e. The van der Waals surface area contributed by atoms with E-state index in [0.717, 1.165) is 24.7 Å². The highest BCUT2D eigenvalue weighted by molar-refractivity contribution is 14.1. The van der Waals surface area contributed by atoms with Crippen molar-refractivity contribution >= 4 is 79.1 Å². The number of cyclic esters (lactones) is 1. The maximum absolute atomic E-state index is 12.3. The summed E-state index contributed by atoms with van der Waals surface area (Å²) >= 11 is 7.86. The second-order valence-corrected chi connectivity index (χ2v) is 10.1. The topological polar surface area (TPSA) is 57.1 Å². The number of aliphatic imine (C=N–C) groups is 1. The number of rotatable bonds is 6. The molecule has 1 aliphatic rings. The monoisotopic (exact) mass is 715 g/mol. The summed E-state index contributed by atoms with van der Waals surface area (Å²) in [5.41, 5.74) is 2.79. The highest BCUT2D eigenvalue weighted by atomic mass is 127. The molecule has 5 nitrogen and oxygen atoms in total. The van der Waals surface area contributed by atoms with Crippen molar-refractivity contribution in [2.24, 2.45) is 4.99 Å². The van der Waals surface area contributed by atoms with Crippen LogP contribution in [0.3, 0.4) is 0 Å². The van der Waals surface area contributed by atoms with Crippen LogP contribution in [0.15, 0.2) is 75.8 Å². The van der Waals surface area contributed by atoms with Gasteiger partial charge in [0.15, 0.2) is 17.2 Å². The largest absolute Gasteiger partial charge is 0.493 e. The molecule has 0 aliphatic carbocycles. The zero-order chi connectivity index (χ0) is 22.7. The summed E-state index contributed by atoms with van der Waals surface area (Å²) in [6.07, 6.45) is 1.68. The Kier molecular flexibility index (Phi) is 7.51. The number of hydrogen-bond donors (Lipinski definition) is 0. The fourth-order valence-corrected chi connectivity index (χ4v) is 4.39. The standard InChI is InChI=1S/C24H16BrI2NO4/c1-30-21-12-15(10-19(27)22(21)31-13-14-2-8-18(26)9-3-14)11-20-24(29)32-23(28-20)16-4-6-17(25)7-5-16/h2-12H,13H2,1H3/b20-11-. The summed E-state index contributed by atoms with van der Waals surface area (Å²) in [6.45, 7) is 0.427. The molecular weight excluding hydrogens is 700 g/mol. The molecule has 8 heteroatoms. The van der Waals surface area contributed by atoms with Crippen molar-refractivity contribution < 1.29 is 19.0 Å². The number of halogens is 3. The Hall–Kier alpha value is -1.92. The Labute approximate surface area is 221 Å². The number of methoxy groups -OCH3 is 1. The first-order chi connectivity index (χ1) is 15.4. The van der Waals surface area contributed by atoms with Gasteiger partial charge in [-0.1, -0.05) is 28.1 Å². The van der Waals surface area contributed by atoms with E-state index in [4.69, 9.17) is 14.2 Å². The normalized spacial score (nSPS) is 14.3. The van der Waals surface area contributed by atoms with Gasteiger partial charge < -0.3 is 14.2 Å². The quantitative estimate of drug-likeness (QED) is 0.164. The van der Waals surface area contributed by atoms with Crippen LogP contribution >= 0.6 is 61.1 Å². The van der Waals surface area contributed by atoms with Gasteiger partial charge in [0.1, 0.15) is 6.61 Å². The molecular formula is C24H16BrI2NO4. The van der Waals surface area contributed by atoms with Crippen LogP contribution in [0.1, 0.15) is 16.7 Å². The minimum atomic E-state index is -0.490. The fourth-order valence-electron chi connectivity index (χ4n) is 2.98. The van der Waals surface area contributed by atoms with Crippen molar-refractivity contribution in [1.82, 2.24) is 0 Å². The summed E-state index contributed by atoms with van der Waals surface area (Å²) in [5.74, 6) is 1.03. The molecule has 0 radical (unpaired) electrons. The van der Waals surface area contributed by atoms with Crippen molar-refractivity contribution in [2.45, 2.75) is 6.61 Å². The average Bonchev–Trinajstić information content (AvgIpc) is 3.14. The van der Waals surface area contributed by atoms with Crippen LogP contribution in [0.5, 0.6) is 11.5 Å². The molecule has 0 saturated heterocycles. The molecule has 0 aromatic heterocycles. The van der Waals surface area contributed by atoms with Gasteiger partial charge in [-0.15, -0.1) is 0 Å². The van der Waals surface area contributed by atoms with E-state index in [1.54, 1.807) is 13.2 Å². The van der Waals surface area contributed by atoms with Gasteiger partial charge in [-0.05, 0) is 111 Å². The van der Waals surface area contributed by atoms with Crippen LogP contribution in [0.2, 0.25) is 0 Å². The molecule has 0 fully saturated rings. The van der Waals surface area contributed by atoms with Crippen LogP contribution in [0.25, 0.3) is 6.08 Å². The number of benzene rings is 3. The van der Waals surface area contributed by atoms with E-state index in [1.807, 2.05) is 60.7 Å². The molecule has 0 unspecified atom stereocenters. The SMILES string of the molecule is COc1cc(/C=C2\N=C(c3ccc(Br)cc3)OC2=O)cc(I)c1OCc1ccc(I)cc1. The Morgan fingerprint density at radius 1 is 1.06 bits per heavy atom. The number of carbonyl (C=O) groups is 1. The molecule has 0 spiro atoms. The number of hydrogen-bond acceptors (Lipinski definition) is 5. The summed E-state index contributed by atoms with van der Waals surface area (Å²) in [5, 5.41) is 0. The van der Waals surface area contributed by atoms with Crippen molar-refractivity contribution in [3.8, 4) is 11.5 Å². The van der Waals surface area contributed by atoms with Crippen LogP contribution in [-0.4, -0.2) is 19.0 Å². The summed E-state index contributed by atoms with van der Waals surface area (Å²) in [4.78, 5) is 16.7. The minimum absolute atomic E-state index is 0.230. The van der Waals surface area contributed by atoms with Gasteiger partial charge in [-0.25, -0.2) is 9.79 Å². The molecule has 162 valence electrons.